The molecule has 152 valence electrons. The molecule has 0 saturated carbocycles. The van der Waals surface area contributed by atoms with Gasteiger partial charge < -0.3 is 14.2 Å². The van der Waals surface area contributed by atoms with E-state index in [1.807, 2.05) is 22.8 Å². The van der Waals surface area contributed by atoms with Gasteiger partial charge in [-0.25, -0.2) is 4.39 Å². The van der Waals surface area contributed by atoms with Gasteiger partial charge in [0.05, 0.1) is 14.2 Å². The smallest absolute Gasteiger partial charge is 0.191 e. The summed E-state index contributed by atoms with van der Waals surface area (Å²) in [5.41, 5.74) is 0.995. The van der Waals surface area contributed by atoms with Crippen molar-refractivity contribution in [3.8, 4) is 17.2 Å². The van der Waals surface area contributed by atoms with Crippen molar-refractivity contribution in [3.05, 3.63) is 72.3 Å². The zero-order chi connectivity index (χ0) is 20.6. The van der Waals surface area contributed by atoms with Crippen molar-refractivity contribution in [3.63, 3.8) is 0 Å². The average Bonchev–Trinajstić information content (AvgIpc) is 3.13. The third kappa shape index (κ3) is 5.29. The van der Waals surface area contributed by atoms with Gasteiger partial charge in [0.25, 0.3) is 0 Å². The number of hydrogen-bond acceptors (Lipinski definition) is 6. The molecular weight excluding hydrogens is 393 g/mol. The molecular formula is C21H22FN3O3S. The zero-order valence-corrected chi connectivity index (χ0v) is 17.1. The molecule has 0 aliphatic rings. The Morgan fingerprint density at radius 3 is 2.52 bits per heavy atom. The maximum atomic E-state index is 13.0. The Labute approximate surface area is 173 Å². The van der Waals surface area contributed by atoms with E-state index in [1.165, 1.54) is 23.9 Å². The van der Waals surface area contributed by atoms with Gasteiger partial charge in [-0.3, -0.25) is 4.57 Å². The third-order valence-corrected chi connectivity index (χ3v) is 5.15. The molecule has 0 aliphatic carbocycles. The molecule has 8 heteroatoms. The maximum Gasteiger partial charge on any atom is 0.191 e. The number of ether oxygens (including phenoxy) is 3. The van der Waals surface area contributed by atoms with E-state index >= 15 is 0 Å². The average molecular weight is 415 g/mol. The molecule has 0 spiro atoms. The van der Waals surface area contributed by atoms with Crippen molar-refractivity contribution in [1.82, 2.24) is 14.8 Å². The fourth-order valence-corrected chi connectivity index (χ4v) is 3.61. The lowest BCUT2D eigenvalue weighted by atomic mass is 10.2. The van der Waals surface area contributed by atoms with Gasteiger partial charge in [0.15, 0.2) is 11.0 Å². The van der Waals surface area contributed by atoms with Crippen LogP contribution in [0.5, 0.6) is 17.2 Å². The fraction of sp³-hybridized carbons (Fsp3) is 0.238. The molecule has 1 heterocycles. The van der Waals surface area contributed by atoms with E-state index < -0.39 is 0 Å². The van der Waals surface area contributed by atoms with E-state index in [9.17, 15) is 4.39 Å². The summed E-state index contributed by atoms with van der Waals surface area (Å²) in [6.45, 7) is 4.58. The summed E-state index contributed by atoms with van der Waals surface area (Å²) in [5, 5.41) is 9.28. The van der Waals surface area contributed by atoms with E-state index in [0.717, 1.165) is 22.2 Å². The molecule has 0 aliphatic heterocycles. The molecule has 2 aromatic carbocycles. The molecule has 0 N–H and O–H groups in total. The Morgan fingerprint density at radius 1 is 1.07 bits per heavy atom. The number of rotatable bonds is 10. The van der Waals surface area contributed by atoms with E-state index in [2.05, 4.69) is 16.8 Å². The van der Waals surface area contributed by atoms with Crippen molar-refractivity contribution in [2.24, 2.45) is 0 Å². The highest BCUT2D eigenvalue weighted by Crippen LogP contribution is 2.30. The summed E-state index contributed by atoms with van der Waals surface area (Å²) in [5.74, 6) is 3.10. The van der Waals surface area contributed by atoms with Crippen LogP contribution in [0.1, 0.15) is 11.4 Å². The van der Waals surface area contributed by atoms with Gasteiger partial charge in [-0.05, 0) is 42.5 Å². The first kappa shape index (κ1) is 20.7. The van der Waals surface area contributed by atoms with Gasteiger partial charge in [0.1, 0.15) is 29.7 Å². The molecule has 0 amide bonds. The molecule has 0 bridgehead atoms. The summed E-state index contributed by atoms with van der Waals surface area (Å²) in [6.07, 6.45) is 1.78. The van der Waals surface area contributed by atoms with E-state index in [0.29, 0.717) is 23.9 Å². The standard InChI is InChI=1S/C21H22FN3O3S/c1-4-11-25-20(13-28-17-7-5-16(22)6-8-17)23-24-21(25)29-14-15-12-18(26-2)9-10-19(15)27-3/h4-10,12H,1,11,13-14H2,2-3H3. The topological polar surface area (TPSA) is 58.4 Å². The highest BCUT2D eigenvalue weighted by Gasteiger charge is 2.14. The summed E-state index contributed by atoms with van der Waals surface area (Å²) in [7, 11) is 3.27. The summed E-state index contributed by atoms with van der Waals surface area (Å²) in [4.78, 5) is 0. The van der Waals surface area contributed by atoms with Crippen LogP contribution >= 0.6 is 11.8 Å². The van der Waals surface area contributed by atoms with Crippen molar-refractivity contribution >= 4 is 11.8 Å². The number of hydrogen-bond donors (Lipinski definition) is 0. The van der Waals surface area contributed by atoms with Crippen LogP contribution in [0.25, 0.3) is 0 Å². The fourth-order valence-electron chi connectivity index (χ4n) is 2.66. The first-order valence-electron chi connectivity index (χ1n) is 8.89. The second-order valence-corrected chi connectivity index (χ2v) is 6.95. The van der Waals surface area contributed by atoms with Crippen LogP contribution in [0.3, 0.4) is 0 Å². The Hall–Kier alpha value is -3.00. The highest BCUT2D eigenvalue weighted by molar-refractivity contribution is 7.98. The van der Waals surface area contributed by atoms with Gasteiger partial charge in [-0.15, -0.1) is 16.8 Å². The Morgan fingerprint density at radius 2 is 1.83 bits per heavy atom. The second-order valence-electron chi connectivity index (χ2n) is 6.01. The van der Waals surface area contributed by atoms with E-state index in [1.54, 1.807) is 32.4 Å². The van der Waals surface area contributed by atoms with Crippen LogP contribution in [-0.2, 0) is 18.9 Å². The molecule has 3 aromatic rings. The first-order chi connectivity index (χ1) is 14.1. The molecule has 0 unspecified atom stereocenters. The van der Waals surface area contributed by atoms with Crippen molar-refractivity contribution in [2.45, 2.75) is 24.1 Å². The number of thioether (sulfide) groups is 1. The van der Waals surface area contributed by atoms with Crippen LogP contribution in [0.15, 0.2) is 60.3 Å². The molecule has 0 saturated heterocycles. The van der Waals surface area contributed by atoms with Crippen molar-refractivity contribution < 1.29 is 18.6 Å². The van der Waals surface area contributed by atoms with Gasteiger partial charge in [-0.1, -0.05) is 17.8 Å². The van der Waals surface area contributed by atoms with Gasteiger partial charge in [0.2, 0.25) is 0 Å². The zero-order valence-electron chi connectivity index (χ0n) is 16.3. The van der Waals surface area contributed by atoms with Crippen molar-refractivity contribution in [2.75, 3.05) is 14.2 Å². The lowest BCUT2D eigenvalue weighted by molar-refractivity contribution is 0.288. The van der Waals surface area contributed by atoms with Crippen molar-refractivity contribution in [1.29, 1.82) is 0 Å². The number of aromatic nitrogens is 3. The van der Waals surface area contributed by atoms with Crippen LogP contribution in [-0.4, -0.2) is 29.0 Å². The molecule has 0 fully saturated rings. The Bertz CT molecular complexity index is 960. The molecule has 6 nitrogen and oxygen atoms in total. The number of halogens is 1. The summed E-state index contributed by atoms with van der Waals surface area (Å²) in [6, 6.07) is 11.5. The number of benzene rings is 2. The predicted molar refractivity (Wildman–Crippen MR) is 110 cm³/mol. The van der Waals surface area contributed by atoms with E-state index in [-0.39, 0.29) is 12.4 Å². The van der Waals surface area contributed by atoms with Gasteiger partial charge in [0, 0.05) is 17.9 Å². The minimum Gasteiger partial charge on any atom is -0.497 e. The maximum absolute atomic E-state index is 13.0. The molecule has 29 heavy (non-hydrogen) atoms. The number of methoxy groups -OCH3 is 2. The monoisotopic (exact) mass is 415 g/mol. The number of allylic oxidation sites excluding steroid dienone is 1. The SMILES string of the molecule is C=CCn1c(COc2ccc(F)cc2)nnc1SCc1cc(OC)ccc1OC. The lowest BCUT2D eigenvalue weighted by Gasteiger charge is -2.11. The second kappa shape index (κ2) is 9.97. The molecule has 1 aromatic heterocycles. The van der Waals surface area contributed by atoms with Gasteiger partial charge in [-0.2, -0.15) is 0 Å². The summed E-state index contributed by atoms with van der Waals surface area (Å²) < 4.78 is 31.4. The van der Waals surface area contributed by atoms with Crippen LogP contribution in [0.2, 0.25) is 0 Å². The Kier molecular flexibility index (Phi) is 7.13. The van der Waals surface area contributed by atoms with Gasteiger partial charge >= 0.3 is 0 Å². The predicted octanol–water partition coefficient (Wildman–Crippen LogP) is 4.49. The van der Waals surface area contributed by atoms with Crippen LogP contribution in [0.4, 0.5) is 4.39 Å². The summed E-state index contributed by atoms with van der Waals surface area (Å²) >= 11 is 1.53. The molecule has 0 radical (unpaired) electrons. The third-order valence-electron chi connectivity index (χ3n) is 4.13. The Balaban J connectivity index is 1.73. The normalized spacial score (nSPS) is 10.6. The molecule has 3 rings (SSSR count). The van der Waals surface area contributed by atoms with E-state index in [4.69, 9.17) is 14.2 Å². The number of nitrogens with zero attached hydrogens (tertiary/aromatic N) is 3. The quantitative estimate of drug-likeness (QED) is 0.359. The highest BCUT2D eigenvalue weighted by atomic mass is 32.2. The minimum atomic E-state index is -0.307. The molecule has 0 atom stereocenters. The van der Waals surface area contributed by atoms with Crippen LogP contribution in [0, 0.1) is 5.82 Å². The minimum absolute atomic E-state index is 0.218. The largest absolute Gasteiger partial charge is 0.497 e. The lowest BCUT2D eigenvalue weighted by Crippen LogP contribution is -2.07. The van der Waals surface area contributed by atoms with Crippen LogP contribution < -0.4 is 14.2 Å². The first-order valence-corrected chi connectivity index (χ1v) is 9.88.